The predicted molar refractivity (Wildman–Crippen MR) is 93.7 cm³/mol. The Morgan fingerprint density at radius 1 is 1.00 bits per heavy atom. The molecule has 0 fully saturated rings. The lowest BCUT2D eigenvalue weighted by Crippen LogP contribution is -2.49. The summed E-state index contributed by atoms with van der Waals surface area (Å²) in [4.78, 5) is 26.1. The van der Waals surface area contributed by atoms with Crippen LogP contribution in [0.15, 0.2) is 0 Å². The molecule has 142 valence electrons. The van der Waals surface area contributed by atoms with Crippen LogP contribution in [0.3, 0.4) is 0 Å². The lowest BCUT2D eigenvalue weighted by atomic mass is 10.1. The lowest BCUT2D eigenvalue weighted by molar-refractivity contribution is -0.152. The van der Waals surface area contributed by atoms with Crippen LogP contribution >= 0.6 is 0 Å². The number of unbranched alkanes of at least 4 members (excludes halogenated alkanes) is 2. The zero-order valence-electron chi connectivity index (χ0n) is 16.6. The van der Waals surface area contributed by atoms with E-state index in [-0.39, 0.29) is 6.73 Å². The van der Waals surface area contributed by atoms with Gasteiger partial charge in [0.1, 0.15) is 18.4 Å². The number of amides is 1. The number of carbonyl (C=O) groups excluding carboxylic acids is 2. The standard InChI is InChI=1S/C18H35NO5/c1-9-10-11-12-14(15(20)22-8)19(13-23-17(2,3)4)16(21)24-18(5,6)7/h14H,9-13H2,1-8H3/t14-/m0/s1. The summed E-state index contributed by atoms with van der Waals surface area (Å²) in [6.45, 7) is 13.1. The molecule has 0 unspecified atom stereocenters. The van der Waals surface area contributed by atoms with Crippen molar-refractivity contribution < 1.29 is 23.8 Å². The quantitative estimate of drug-likeness (QED) is 0.376. The van der Waals surface area contributed by atoms with Crippen LogP contribution in [0.5, 0.6) is 0 Å². The monoisotopic (exact) mass is 345 g/mol. The maximum absolute atomic E-state index is 12.6. The molecule has 24 heavy (non-hydrogen) atoms. The van der Waals surface area contributed by atoms with E-state index < -0.39 is 29.3 Å². The minimum absolute atomic E-state index is 0.0235. The van der Waals surface area contributed by atoms with E-state index in [4.69, 9.17) is 14.2 Å². The van der Waals surface area contributed by atoms with Crippen molar-refractivity contribution in [3.05, 3.63) is 0 Å². The third-order valence-corrected chi connectivity index (χ3v) is 3.20. The molecule has 1 atom stereocenters. The van der Waals surface area contributed by atoms with Crippen LogP contribution in [0, 0.1) is 0 Å². The van der Waals surface area contributed by atoms with Crippen molar-refractivity contribution in [1.29, 1.82) is 0 Å². The molecule has 0 saturated carbocycles. The second-order valence-corrected chi connectivity index (χ2v) is 7.87. The molecule has 0 radical (unpaired) electrons. The van der Waals surface area contributed by atoms with Crippen LogP contribution in [0.1, 0.15) is 74.1 Å². The van der Waals surface area contributed by atoms with Gasteiger partial charge in [-0.05, 0) is 48.0 Å². The fourth-order valence-electron chi connectivity index (χ4n) is 1.98. The zero-order valence-corrected chi connectivity index (χ0v) is 16.6. The van der Waals surface area contributed by atoms with Gasteiger partial charge in [-0.3, -0.25) is 4.90 Å². The minimum Gasteiger partial charge on any atom is -0.467 e. The molecule has 6 nitrogen and oxygen atoms in total. The van der Waals surface area contributed by atoms with Gasteiger partial charge in [-0.2, -0.15) is 0 Å². The molecule has 0 saturated heterocycles. The minimum atomic E-state index is -0.709. The molecule has 0 heterocycles. The van der Waals surface area contributed by atoms with E-state index in [2.05, 4.69) is 6.92 Å². The average Bonchev–Trinajstić information content (AvgIpc) is 2.41. The molecule has 0 N–H and O–H groups in total. The van der Waals surface area contributed by atoms with Gasteiger partial charge in [0.2, 0.25) is 0 Å². The Labute approximate surface area is 146 Å². The second kappa shape index (κ2) is 9.87. The van der Waals surface area contributed by atoms with E-state index in [1.165, 1.54) is 12.0 Å². The molecule has 0 bridgehead atoms. The molecule has 6 heteroatoms. The van der Waals surface area contributed by atoms with Gasteiger partial charge in [0.05, 0.1) is 12.7 Å². The van der Waals surface area contributed by atoms with E-state index in [0.29, 0.717) is 6.42 Å². The van der Waals surface area contributed by atoms with Gasteiger partial charge in [-0.1, -0.05) is 26.2 Å². The van der Waals surface area contributed by atoms with Crippen LogP contribution in [0.25, 0.3) is 0 Å². The largest absolute Gasteiger partial charge is 0.467 e. The summed E-state index contributed by atoms with van der Waals surface area (Å²) in [5, 5.41) is 0. The normalized spacial score (nSPS) is 13.3. The van der Waals surface area contributed by atoms with Crippen LogP contribution in [0.4, 0.5) is 4.79 Å². The van der Waals surface area contributed by atoms with Crippen molar-refractivity contribution in [2.24, 2.45) is 0 Å². The highest BCUT2D eigenvalue weighted by molar-refractivity contribution is 5.81. The van der Waals surface area contributed by atoms with Crippen LogP contribution in [-0.4, -0.2) is 48.0 Å². The second-order valence-electron chi connectivity index (χ2n) is 7.87. The first-order valence-electron chi connectivity index (χ1n) is 8.62. The van der Waals surface area contributed by atoms with Gasteiger partial charge in [0, 0.05) is 0 Å². The van der Waals surface area contributed by atoms with Crippen molar-refractivity contribution in [2.75, 3.05) is 13.8 Å². The number of hydrogen-bond donors (Lipinski definition) is 0. The maximum atomic E-state index is 12.6. The first-order chi connectivity index (χ1) is 10.9. The van der Waals surface area contributed by atoms with E-state index in [1.54, 1.807) is 20.8 Å². The number of methoxy groups -OCH3 is 1. The molecule has 1 amide bonds. The van der Waals surface area contributed by atoms with Crippen LogP contribution < -0.4 is 0 Å². The fourth-order valence-corrected chi connectivity index (χ4v) is 1.98. The van der Waals surface area contributed by atoms with Crippen molar-refractivity contribution >= 4 is 12.1 Å². The van der Waals surface area contributed by atoms with E-state index in [0.717, 1.165) is 19.3 Å². The Balaban J connectivity index is 5.31. The molecular weight excluding hydrogens is 310 g/mol. The molecular formula is C18H35NO5. The Kier molecular flexibility index (Phi) is 9.33. The molecule has 0 aromatic carbocycles. The third-order valence-electron chi connectivity index (χ3n) is 3.20. The summed E-state index contributed by atoms with van der Waals surface area (Å²) in [5.74, 6) is -0.450. The zero-order chi connectivity index (χ0) is 19.0. The molecule has 0 aromatic rings. The number of rotatable bonds is 8. The lowest BCUT2D eigenvalue weighted by Gasteiger charge is -2.34. The molecule has 0 spiro atoms. The van der Waals surface area contributed by atoms with Gasteiger partial charge in [-0.15, -0.1) is 0 Å². The summed E-state index contributed by atoms with van der Waals surface area (Å²) in [5.41, 5.74) is -1.09. The summed E-state index contributed by atoms with van der Waals surface area (Å²) in [6.07, 6.45) is 2.78. The molecule has 0 rings (SSSR count). The molecule has 0 aliphatic heterocycles. The van der Waals surface area contributed by atoms with E-state index >= 15 is 0 Å². The van der Waals surface area contributed by atoms with Gasteiger partial charge in [0.25, 0.3) is 0 Å². The molecule has 0 aliphatic carbocycles. The van der Waals surface area contributed by atoms with Gasteiger partial charge in [0.15, 0.2) is 0 Å². The van der Waals surface area contributed by atoms with Crippen molar-refractivity contribution in [1.82, 2.24) is 4.90 Å². The Morgan fingerprint density at radius 2 is 1.58 bits per heavy atom. The smallest absolute Gasteiger partial charge is 0.412 e. The van der Waals surface area contributed by atoms with Crippen LogP contribution in [-0.2, 0) is 19.0 Å². The third kappa shape index (κ3) is 9.75. The summed E-state index contributed by atoms with van der Waals surface area (Å²) in [7, 11) is 1.33. The SMILES string of the molecule is CCCCC[C@@H](C(=O)OC)N(COC(C)(C)C)C(=O)OC(C)(C)C. The summed E-state index contributed by atoms with van der Waals surface area (Å²) >= 11 is 0. The topological polar surface area (TPSA) is 65.1 Å². The predicted octanol–water partition coefficient (Wildman–Crippen LogP) is 4.12. The molecule has 0 aromatic heterocycles. The molecule has 0 aliphatic rings. The number of nitrogens with zero attached hydrogens (tertiary/aromatic N) is 1. The van der Waals surface area contributed by atoms with E-state index in [9.17, 15) is 9.59 Å². The Morgan fingerprint density at radius 3 is 2.00 bits per heavy atom. The van der Waals surface area contributed by atoms with Crippen molar-refractivity contribution in [2.45, 2.75) is 91.4 Å². The highest BCUT2D eigenvalue weighted by atomic mass is 16.6. The fraction of sp³-hybridized carbons (Fsp3) is 0.889. The number of hydrogen-bond acceptors (Lipinski definition) is 5. The number of ether oxygens (including phenoxy) is 3. The summed E-state index contributed by atoms with van der Waals surface area (Å²) < 4.78 is 16.1. The Hall–Kier alpha value is -1.30. The highest BCUT2D eigenvalue weighted by Crippen LogP contribution is 2.19. The van der Waals surface area contributed by atoms with Crippen molar-refractivity contribution in [3.8, 4) is 0 Å². The summed E-state index contributed by atoms with van der Waals surface area (Å²) in [6, 6.07) is -0.709. The number of carbonyl (C=O) groups is 2. The highest BCUT2D eigenvalue weighted by Gasteiger charge is 2.34. The van der Waals surface area contributed by atoms with Crippen LogP contribution in [0.2, 0.25) is 0 Å². The maximum Gasteiger partial charge on any atom is 0.412 e. The van der Waals surface area contributed by atoms with Gasteiger partial charge in [-0.25, -0.2) is 9.59 Å². The van der Waals surface area contributed by atoms with Crippen molar-refractivity contribution in [3.63, 3.8) is 0 Å². The van der Waals surface area contributed by atoms with Gasteiger partial charge < -0.3 is 14.2 Å². The van der Waals surface area contributed by atoms with E-state index in [1.807, 2.05) is 20.8 Å². The average molecular weight is 345 g/mol. The van der Waals surface area contributed by atoms with Gasteiger partial charge >= 0.3 is 12.1 Å². The Bertz CT molecular complexity index is 395. The first-order valence-corrected chi connectivity index (χ1v) is 8.62. The number of esters is 1. The first kappa shape index (κ1) is 22.7.